The maximum absolute atomic E-state index is 13.1. The summed E-state index contributed by atoms with van der Waals surface area (Å²) in [6.45, 7) is 9.84. The second-order valence-electron chi connectivity index (χ2n) is 20.3. The fourth-order valence-electron chi connectivity index (χ4n) is 9.31. The van der Waals surface area contributed by atoms with Crippen LogP contribution in [0, 0.1) is 17.8 Å². The minimum absolute atomic E-state index is 0.0233. The molecule has 392 valence electrons. The minimum atomic E-state index is -0.260. The monoisotopic (exact) mass is 949 g/mol. The number of esters is 4. The van der Waals surface area contributed by atoms with E-state index < -0.39 is 0 Å². The third-order valence-corrected chi connectivity index (χ3v) is 13.6. The number of unbranched alkanes of at least 4 members (excludes halogenated alkanes) is 8. The highest BCUT2D eigenvalue weighted by Gasteiger charge is 2.18. The summed E-state index contributed by atoms with van der Waals surface area (Å²) in [6.07, 6.45) is 35.2. The van der Waals surface area contributed by atoms with Crippen molar-refractivity contribution in [3.8, 4) is 0 Å². The van der Waals surface area contributed by atoms with Crippen LogP contribution in [0.4, 0.5) is 0 Å². The van der Waals surface area contributed by atoms with Gasteiger partial charge in [-0.15, -0.1) is 0 Å². The zero-order valence-corrected chi connectivity index (χ0v) is 44.2. The molecular formula is C56H104N2O9. The van der Waals surface area contributed by atoms with Gasteiger partial charge in [0.05, 0.1) is 26.4 Å². The topological polar surface area (TPSA) is 129 Å². The van der Waals surface area contributed by atoms with Crippen LogP contribution in [0.5, 0.6) is 0 Å². The molecule has 0 bridgehead atoms. The smallest absolute Gasteiger partial charge is 0.305 e. The summed E-state index contributed by atoms with van der Waals surface area (Å²) >= 11 is 0. The predicted octanol–water partition coefficient (Wildman–Crippen LogP) is 13.5. The molecule has 0 aromatic heterocycles. The van der Waals surface area contributed by atoms with Gasteiger partial charge in [-0.05, 0) is 96.1 Å². The van der Waals surface area contributed by atoms with Gasteiger partial charge in [-0.3, -0.25) is 24.0 Å². The number of carbonyl (C=O) groups is 5. The molecule has 11 nitrogen and oxygen atoms in total. The second-order valence-corrected chi connectivity index (χ2v) is 20.3. The molecule has 1 fully saturated rings. The molecule has 1 rings (SSSR count). The fraction of sp³-hybridized carbons (Fsp3) is 0.911. The van der Waals surface area contributed by atoms with Crippen LogP contribution < -0.4 is 0 Å². The number of nitrogens with zero attached hydrogens (tertiary/aromatic N) is 2. The summed E-state index contributed by atoms with van der Waals surface area (Å²) in [7, 11) is 3.87. The largest absolute Gasteiger partial charge is 0.466 e. The number of ether oxygens (including phenoxy) is 4. The van der Waals surface area contributed by atoms with Crippen LogP contribution in [-0.4, -0.2) is 99.7 Å². The number of cyclic esters (lactones) is 4. The normalized spacial score (nSPS) is 22.1. The van der Waals surface area contributed by atoms with Gasteiger partial charge in [0.15, 0.2) is 0 Å². The van der Waals surface area contributed by atoms with E-state index in [4.69, 9.17) is 18.9 Å². The van der Waals surface area contributed by atoms with Crippen molar-refractivity contribution in [3.63, 3.8) is 0 Å². The van der Waals surface area contributed by atoms with Crippen LogP contribution in [0.15, 0.2) is 0 Å². The lowest BCUT2D eigenvalue weighted by Gasteiger charge is -2.23. The molecule has 3 unspecified atom stereocenters. The van der Waals surface area contributed by atoms with Crippen LogP contribution in [0.1, 0.15) is 252 Å². The lowest BCUT2D eigenvalue weighted by Crippen LogP contribution is -2.35. The number of carbonyl (C=O) groups excluding carboxylic acids is 5. The van der Waals surface area contributed by atoms with Gasteiger partial charge in [-0.1, -0.05) is 156 Å². The van der Waals surface area contributed by atoms with Crippen molar-refractivity contribution in [2.75, 3.05) is 60.2 Å². The molecule has 0 aromatic rings. The third-order valence-electron chi connectivity index (χ3n) is 13.6. The van der Waals surface area contributed by atoms with E-state index in [2.05, 4.69) is 20.8 Å². The molecular weight excluding hydrogens is 845 g/mol. The zero-order valence-electron chi connectivity index (χ0n) is 44.2. The van der Waals surface area contributed by atoms with Crippen molar-refractivity contribution < 1.29 is 42.9 Å². The third kappa shape index (κ3) is 38.8. The van der Waals surface area contributed by atoms with Crippen LogP contribution >= 0.6 is 0 Å². The molecule has 0 aromatic carbocycles. The Balaban J connectivity index is 2.86. The van der Waals surface area contributed by atoms with Crippen molar-refractivity contribution >= 4 is 29.8 Å². The van der Waals surface area contributed by atoms with Crippen LogP contribution in [-0.2, 0) is 42.9 Å². The highest BCUT2D eigenvalue weighted by atomic mass is 16.5. The van der Waals surface area contributed by atoms with E-state index in [1.54, 1.807) is 4.90 Å². The molecule has 0 N–H and O–H groups in total. The fourth-order valence-corrected chi connectivity index (χ4v) is 9.31. The van der Waals surface area contributed by atoms with E-state index in [9.17, 15) is 24.0 Å². The van der Waals surface area contributed by atoms with E-state index in [1.165, 1.54) is 122 Å². The van der Waals surface area contributed by atoms with Gasteiger partial charge in [0.25, 0.3) is 0 Å². The summed E-state index contributed by atoms with van der Waals surface area (Å²) in [5, 5.41) is 0. The molecule has 1 heterocycles. The Hall–Kier alpha value is -2.69. The quantitative estimate of drug-likeness (QED) is 0.0789. The first kappa shape index (κ1) is 62.3. The highest BCUT2D eigenvalue weighted by Crippen LogP contribution is 2.26. The first-order valence-corrected chi connectivity index (χ1v) is 28.1. The molecule has 11 heteroatoms. The Bertz CT molecular complexity index is 1230. The van der Waals surface area contributed by atoms with Gasteiger partial charge in [0.1, 0.15) is 0 Å². The predicted molar refractivity (Wildman–Crippen MR) is 273 cm³/mol. The van der Waals surface area contributed by atoms with Gasteiger partial charge in [-0.25, -0.2) is 0 Å². The Morgan fingerprint density at radius 3 is 1.30 bits per heavy atom. The number of hydrogen-bond donors (Lipinski definition) is 0. The molecule has 0 aliphatic carbocycles. The van der Waals surface area contributed by atoms with Gasteiger partial charge in [0.2, 0.25) is 5.91 Å². The molecule has 67 heavy (non-hydrogen) atoms. The summed E-state index contributed by atoms with van der Waals surface area (Å²) in [5.41, 5.74) is 0. The Labute approximate surface area is 411 Å². The summed E-state index contributed by atoms with van der Waals surface area (Å²) in [4.78, 5) is 67.3. The first-order valence-electron chi connectivity index (χ1n) is 28.1. The first-order chi connectivity index (χ1) is 32.6. The van der Waals surface area contributed by atoms with Crippen LogP contribution in [0.2, 0.25) is 0 Å². The summed E-state index contributed by atoms with van der Waals surface area (Å²) < 4.78 is 22.7. The molecule has 3 atom stereocenters. The van der Waals surface area contributed by atoms with Gasteiger partial charge in [0, 0.05) is 51.7 Å². The Morgan fingerprint density at radius 1 is 0.463 bits per heavy atom. The molecule has 1 aliphatic heterocycles. The van der Waals surface area contributed by atoms with Crippen molar-refractivity contribution in [2.45, 2.75) is 252 Å². The lowest BCUT2D eigenvalue weighted by atomic mass is 9.88. The molecule has 0 radical (unpaired) electrons. The SMILES string of the molecule is CCCCCCCCC1CCCCCC(CCC)CCCCC(CCCCCC)COC(=O)CCCCCC(=O)OCCCN(C(=O)CCN(C)C)CCCOC(=O)CCCCCC(=O)OC1. The van der Waals surface area contributed by atoms with E-state index in [-0.39, 0.29) is 43.0 Å². The van der Waals surface area contributed by atoms with Gasteiger partial charge < -0.3 is 28.7 Å². The minimum Gasteiger partial charge on any atom is -0.466 e. The second kappa shape index (κ2) is 44.5. The average molecular weight is 949 g/mol. The van der Waals surface area contributed by atoms with E-state index in [0.29, 0.717) is 115 Å². The van der Waals surface area contributed by atoms with Crippen LogP contribution in [0.3, 0.4) is 0 Å². The molecule has 0 saturated carbocycles. The lowest BCUT2D eigenvalue weighted by molar-refractivity contribution is -0.146. The van der Waals surface area contributed by atoms with E-state index >= 15 is 0 Å². The summed E-state index contributed by atoms with van der Waals surface area (Å²) in [5.74, 6) is 0.851. The highest BCUT2D eigenvalue weighted by molar-refractivity contribution is 5.76. The maximum Gasteiger partial charge on any atom is 0.305 e. The van der Waals surface area contributed by atoms with Crippen molar-refractivity contribution in [2.24, 2.45) is 17.8 Å². The molecule has 1 amide bonds. The van der Waals surface area contributed by atoms with E-state index in [1.807, 2.05) is 19.0 Å². The standard InChI is InChI=1S/C56H104N2O9/c1-6-9-11-13-14-19-34-50-35-21-15-20-31-49(30-8-3)32-26-27-36-51(33-18-12-10-7-2)48-67-56(63)40-25-17-23-38-54(61)65-46-29-43-58(52(59)41-44-57(4)5)42-28-45-64-53(60)37-22-16-24-39-55(62)66-47-50/h49-51H,6-48H2,1-5H3. The Kier molecular flexibility index (Phi) is 41.4. The zero-order chi connectivity index (χ0) is 49.0. The number of amides is 1. The molecule has 0 spiro atoms. The average Bonchev–Trinajstić information content (AvgIpc) is 3.30. The molecule has 1 saturated heterocycles. The summed E-state index contributed by atoms with van der Waals surface area (Å²) in [6, 6.07) is 0. The van der Waals surface area contributed by atoms with E-state index in [0.717, 1.165) is 44.4 Å². The van der Waals surface area contributed by atoms with Crippen molar-refractivity contribution in [1.29, 1.82) is 0 Å². The van der Waals surface area contributed by atoms with Gasteiger partial charge in [-0.2, -0.15) is 0 Å². The Morgan fingerprint density at radius 2 is 0.851 bits per heavy atom. The van der Waals surface area contributed by atoms with Gasteiger partial charge >= 0.3 is 23.9 Å². The van der Waals surface area contributed by atoms with Crippen molar-refractivity contribution in [3.05, 3.63) is 0 Å². The number of hydrogen-bond acceptors (Lipinski definition) is 10. The van der Waals surface area contributed by atoms with Crippen molar-refractivity contribution in [1.82, 2.24) is 9.80 Å². The number of rotatable bonds is 17. The maximum atomic E-state index is 13.1. The van der Waals surface area contributed by atoms with Crippen LogP contribution in [0.25, 0.3) is 0 Å². The molecule has 1 aliphatic rings.